The van der Waals surface area contributed by atoms with Crippen LogP contribution in [0.2, 0.25) is 0 Å². The van der Waals surface area contributed by atoms with E-state index in [4.69, 9.17) is 18.6 Å². The number of ether oxygens (including phenoxy) is 3. The molecule has 0 aliphatic heterocycles. The van der Waals surface area contributed by atoms with E-state index < -0.39 is 5.97 Å². The number of methoxy groups -OCH3 is 2. The van der Waals surface area contributed by atoms with Crippen molar-refractivity contribution >= 4 is 17.7 Å². The molecule has 0 bridgehead atoms. The van der Waals surface area contributed by atoms with Gasteiger partial charge in [0, 0.05) is 11.3 Å². The smallest absolute Gasteiger partial charge is 0.337 e. The first-order valence-electron chi connectivity index (χ1n) is 8.49. The van der Waals surface area contributed by atoms with Gasteiger partial charge in [0.05, 0.1) is 19.8 Å². The van der Waals surface area contributed by atoms with Gasteiger partial charge in [-0.3, -0.25) is 0 Å². The molecular weight excluding hydrogens is 380 g/mol. The molecule has 0 radical (unpaired) electrons. The zero-order chi connectivity index (χ0) is 19.9. The molecule has 8 heteroatoms. The summed E-state index contributed by atoms with van der Waals surface area (Å²) in [6, 6.07) is 12.8. The molecule has 146 valence electrons. The van der Waals surface area contributed by atoms with Gasteiger partial charge in [-0.25, -0.2) is 4.79 Å². The van der Waals surface area contributed by atoms with Gasteiger partial charge in [-0.2, -0.15) is 0 Å². The van der Waals surface area contributed by atoms with E-state index >= 15 is 0 Å². The molecule has 0 amide bonds. The number of aromatic nitrogens is 2. The van der Waals surface area contributed by atoms with Gasteiger partial charge in [-0.05, 0) is 36.8 Å². The highest BCUT2D eigenvalue weighted by molar-refractivity contribution is 7.98. The van der Waals surface area contributed by atoms with Crippen molar-refractivity contribution in [2.75, 3.05) is 14.2 Å². The Kier molecular flexibility index (Phi) is 6.54. The van der Waals surface area contributed by atoms with E-state index in [1.807, 2.05) is 31.2 Å². The van der Waals surface area contributed by atoms with E-state index in [-0.39, 0.29) is 6.61 Å². The van der Waals surface area contributed by atoms with E-state index in [0.717, 1.165) is 16.9 Å². The molecule has 0 N–H and O–H groups in total. The van der Waals surface area contributed by atoms with Crippen molar-refractivity contribution in [3.05, 3.63) is 65.0 Å². The molecule has 0 spiro atoms. The molecule has 7 nitrogen and oxygen atoms in total. The Hall–Kier alpha value is -3.00. The maximum Gasteiger partial charge on any atom is 0.337 e. The molecule has 0 saturated heterocycles. The zero-order valence-corrected chi connectivity index (χ0v) is 16.6. The Morgan fingerprint density at radius 3 is 2.68 bits per heavy atom. The largest absolute Gasteiger partial charge is 0.496 e. The van der Waals surface area contributed by atoms with Gasteiger partial charge in [0.15, 0.2) is 6.61 Å². The summed E-state index contributed by atoms with van der Waals surface area (Å²) < 4.78 is 21.5. The Morgan fingerprint density at radius 2 is 1.93 bits per heavy atom. The van der Waals surface area contributed by atoms with Crippen molar-refractivity contribution in [3.8, 4) is 11.5 Å². The Morgan fingerprint density at radius 1 is 1.11 bits per heavy atom. The first-order valence-corrected chi connectivity index (χ1v) is 9.48. The number of carbonyl (C=O) groups excluding carboxylic acids is 1. The number of benzene rings is 2. The van der Waals surface area contributed by atoms with Crippen LogP contribution in [0, 0.1) is 6.92 Å². The number of esters is 1. The number of thioether (sulfide) groups is 1. The second kappa shape index (κ2) is 9.27. The highest BCUT2D eigenvalue weighted by Gasteiger charge is 2.13. The van der Waals surface area contributed by atoms with Crippen LogP contribution in [0.1, 0.15) is 27.4 Å². The van der Waals surface area contributed by atoms with Crippen LogP contribution in [0.3, 0.4) is 0 Å². The molecule has 1 aromatic heterocycles. The van der Waals surface area contributed by atoms with Crippen molar-refractivity contribution < 1.29 is 23.4 Å². The number of hydrogen-bond acceptors (Lipinski definition) is 8. The molecule has 0 aliphatic rings. The van der Waals surface area contributed by atoms with Crippen LogP contribution in [-0.2, 0) is 17.1 Å². The van der Waals surface area contributed by atoms with Crippen molar-refractivity contribution in [1.29, 1.82) is 0 Å². The molecule has 3 aromatic rings. The number of rotatable bonds is 8. The van der Waals surface area contributed by atoms with Crippen LogP contribution in [0.25, 0.3) is 0 Å². The number of para-hydroxylation sites is 1. The lowest BCUT2D eigenvalue weighted by Crippen LogP contribution is -2.02. The van der Waals surface area contributed by atoms with Crippen LogP contribution in [0.15, 0.2) is 52.1 Å². The fourth-order valence-electron chi connectivity index (χ4n) is 2.49. The van der Waals surface area contributed by atoms with Crippen molar-refractivity contribution in [2.24, 2.45) is 0 Å². The number of nitrogens with zero attached hydrogens (tertiary/aromatic N) is 2. The van der Waals surface area contributed by atoms with Crippen LogP contribution in [0.4, 0.5) is 0 Å². The van der Waals surface area contributed by atoms with Gasteiger partial charge < -0.3 is 18.6 Å². The summed E-state index contributed by atoms with van der Waals surface area (Å²) in [5.41, 5.74) is 2.32. The summed E-state index contributed by atoms with van der Waals surface area (Å²) >= 11 is 1.35. The van der Waals surface area contributed by atoms with E-state index in [2.05, 4.69) is 10.2 Å². The van der Waals surface area contributed by atoms with Gasteiger partial charge in [-0.1, -0.05) is 30.0 Å². The van der Waals surface area contributed by atoms with Crippen LogP contribution >= 0.6 is 11.8 Å². The predicted octanol–water partition coefficient (Wildman–Crippen LogP) is 4.04. The monoisotopic (exact) mass is 400 g/mol. The molecule has 28 heavy (non-hydrogen) atoms. The molecule has 0 aliphatic carbocycles. The van der Waals surface area contributed by atoms with Gasteiger partial charge in [-0.15, -0.1) is 10.2 Å². The van der Waals surface area contributed by atoms with E-state index in [1.165, 1.54) is 18.9 Å². The lowest BCUT2D eigenvalue weighted by Gasteiger charge is -2.09. The lowest BCUT2D eigenvalue weighted by molar-refractivity contribution is 0.0600. The molecule has 0 fully saturated rings. The molecular formula is C20H20N2O5S. The molecule has 2 aromatic carbocycles. The fraction of sp³-hybridized carbons (Fsp3) is 0.250. The topological polar surface area (TPSA) is 83.7 Å². The standard InChI is InChI=1S/C20H20N2O5S/c1-13-6-4-5-7-16(13)26-11-18-21-22-20(27-18)28-12-15-10-14(19(23)25-3)8-9-17(15)24-2/h4-10H,11-12H2,1-3H3. The SMILES string of the molecule is COC(=O)c1ccc(OC)c(CSc2nnc(COc3ccccc3C)o2)c1. The highest BCUT2D eigenvalue weighted by atomic mass is 32.2. The summed E-state index contributed by atoms with van der Waals surface area (Å²) in [7, 11) is 2.93. The maximum absolute atomic E-state index is 11.7. The Balaban J connectivity index is 1.62. The first kappa shape index (κ1) is 19.8. The lowest BCUT2D eigenvalue weighted by atomic mass is 10.1. The minimum absolute atomic E-state index is 0.194. The van der Waals surface area contributed by atoms with Crippen LogP contribution in [0.5, 0.6) is 11.5 Å². The average molecular weight is 400 g/mol. The molecule has 1 heterocycles. The van der Waals surface area contributed by atoms with Crippen LogP contribution in [-0.4, -0.2) is 30.4 Å². The zero-order valence-electron chi connectivity index (χ0n) is 15.8. The minimum Gasteiger partial charge on any atom is -0.496 e. The van der Waals surface area contributed by atoms with E-state index in [1.54, 1.807) is 25.3 Å². The minimum atomic E-state index is -0.401. The average Bonchev–Trinajstić information content (AvgIpc) is 3.18. The highest BCUT2D eigenvalue weighted by Crippen LogP contribution is 2.28. The van der Waals surface area contributed by atoms with Crippen molar-refractivity contribution in [3.63, 3.8) is 0 Å². The second-order valence-corrected chi connectivity index (χ2v) is 6.75. The predicted molar refractivity (Wildman–Crippen MR) is 104 cm³/mol. The molecule has 3 rings (SSSR count). The van der Waals surface area contributed by atoms with E-state index in [9.17, 15) is 4.79 Å². The third kappa shape index (κ3) is 4.83. The Bertz CT molecular complexity index is 957. The summed E-state index contributed by atoms with van der Waals surface area (Å²) in [6.07, 6.45) is 0. The summed E-state index contributed by atoms with van der Waals surface area (Å²) in [5.74, 6) is 1.93. The van der Waals surface area contributed by atoms with Crippen LogP contribution < -0.4 is 9.47 Å². The molecule has 0 saturated carbocycles. The first-order chi connectivity index (χ1) is 13.6. The number of hydrogen-bond donors (Lipinski definition) is 0. The maximum atomic E-state index is 11.7. The van der Waals surface area contributed by atoms with Gasteiger partial charge in [0.2, 0.25) is 0 Å². The third-order valence-corrected chi connectivity index (χ3v) is 4.81. The van der Waals surface area contributed by atoms with Crippen molar-refractivity contribution in [2.45, 2.75) is 24.5 Å². The normalized spacial score (nSPS) is 10.5. The van der Waals surface area contributed by atoms with Gasteiger partial charge >= 0.3 is 5.97 Å². The number of carbonyl (C=O) groups is 1. The third-order valence-electron chi connectivity index (χ3n) is 3.95. The fourth-order valence-corrected chi connectivity index (χ4v) is 3.25. The second-order valence-electron chi connectivity index (χ2n) is 5.82. The summed E-state index contributed by atoms with van der Waals surface area (Å²) in [6.45, 7) is 2.17. The quantitative estimate of drug-likeness (QED) is 0.414. The summed E-state index contributed by atoms with van der Waals surface area (Å²) in [5, 5.41) is 8.45. The molecule has 0 atom stereocenters. The van der Waals surface area contributed by atoms with Gasteiger partial charge in [0.1, 0.15) is 11.5 Å². The van der Waals surface area contributed by atoms with Gasteiger partial charge in [0.25, 0.3) is 11.1 Å². The Labute approximate surface area is 167 Å². The summed E-state index contributed by atoms with van der Waals surface area (Å²) in [4.78, 5) is 11.7. The van der Waals surface area contributed by atoms with E-state index in [0.29, 0.717) is 28.2 Å². The van der Waals surface area contributed by atoms with Crippen molar-refractivity contribution in [1.82, 2.24) is 10.2 Å². The molecule has 0 unspecified atom stereocenters. The number of aryl methyl sites for hydroxylation is 1.